The van der Waals surface area contributed by atoms with Crippen molar-refractivity contribution in [1.29, 1.82) is 0 Å². The number of hydrogen-bond donors (Lipinski definition) is 0. The summed E-state index contributed by atoms with van der Waals surface area (Å²) < 4.78 is 10.7. The summed E-state index contributed by atoms with van der Waals surface area (Å²) in [6.45, 7) is 0. The van der Waals surface area contributed by atoms with Crippen molar-refractivity contribution in [3.63, 3.8) is 0 Å². The van der Waals surface area contributed by atoms with Crippen molar-refractivity contribution < 1.29 is 9.15 Å². The molecule has 3 aromatic rings. The van der Waals surface area contributed by atoms with Crippen LogP contribution in [0.25, 0.3) is 11.3 Å². The summed E-state index contributed by atoms with van der Waals surface area (Å²) in [5.41, 5.74) is 2.85. The number of aliphatic imine (C=N–C) groups is 1. The second kappa shape index (κ2) is 7.25. The lowest BCUT2D eigenvalue weighted by atomic mass is 10.1. The van der Waals surface area contributed by atoms with Gasteiger partial charge in [-0.3, -0.25) is 0 Å². The summed E-state index contributed by atoms with van der Waals surface area (Å²) >= 11 is 0. The summed E-state index contributed by atoms with van der Waals surface area (Å²) in [6, 6.07) is 15.8. The quantitative estimate of drug-likeness (QED) is 0.654. The summed E-state index contributed by atoms with van der Waals surface area (Å²) in [4.78, 5) is 8.24. The molecule has 0 spiro atoms. The maximum absolute atomic E-state index is 5.40. The van der Waals surface area contributed by atoms with Crippen LogP contribution in [0.2, 0.25) is 0 Å². The minimum atomic E-state index is 0.664. The zero-order chi connectivity index (χ0) is 15.9. The lowest BCUT2D eigenvalue weighted by Gasteiger charge is -2.05. The van der Waals surface area contributed by atoms with E-state index >= 15 is 0 Å². The molecule has 0 aliphatic rings. The van der Waals surface area contributed by atoms with Crippen LogP contribution in [0.4, 0.5) is 5.69 Å². The monoisotopic (exact) mass is 304 g/mol. The van der Waals surface area contributed by atoms with Crippen LogP contribution in [0.5, 0.6) is 5.75 Å². The van der Waals surface area contributed by atoms with E-state index in [1.165, 1.54) is 12.0 Å². The normalized spacial score (nSPS) is 9.96. The molecule has 0 N–H and O–H groups in total. The number of benzene rings is 2. The molecule has 0 amide bonds. The van der Waals surface area contributed by atoms with Crippen molar-refractivity contribution in [3.8, 4) is 17.1 Å². The largest absolute Gasteiger partial charge is 0.496 e. The Hall–Kier alpha value is -3.10. The molecule has 0 saturated carbocycles. The number of methoxy groups -OCH3 is 1. The third-order valence-electron chi connectivity index (χ3n) is 3.35. The van der Waals surface area contributed by atoms with Crippen molar-refractivity contribution in [3.05, 3.63) is 72.8 Å². The highest BCUT2D eigenvalue weighted by Crippen LogP contribution is 2.32. The Bertz CT molecular complexity index is 818. The van der Waals surface area contributed by atoms with Crippen molar-refractivity contribution in [2.24, 2.45) is 4.99 Å². The van der Waals surface area contributed by atoms with E-state index < -0.39 is 0 Å². The molecular formula is C19H16N2O2. The molecule has 0 atom stereocenters. The van der Waals surface area contributed by atoms with E-state index in [1.807, 2.05) is 42.5 Å². The van der Waals surface area contributed by atoms with Crippen LogP contribution < -0.4 is 4.74 Å². The maximum Gasteiger partial charge on any atom is 0.181 e. The molecule has 4 nitrogen and oxygen atoms in total. The van der Waals surface area contributed by atoms with E-state index in [2.05, 4.69) is 28.0 Å². The Kier molecular flexibility index (Phi) is 4.67. The molecule has 4 heteroatoms. The van der Waals surface area contributed by atoms with Crippen LogP contribution >= 0.6 is 0 Å². The van der Waals surface area contributed by atoms with Crippen molar-refractivity contribution in [2.45, 2.75) is 6.42 Å². The van der Waals surface area contributed by atoms with Gasteiger partial charge in [0.05, 0.1) is 24.6 Å². The maximum atomic E-state index is 5.40. The number of nitrogens with zero attached hydrogens (tertiary/aromatic N) is 2. The fourth-order valence-corrected chi connectivity index (χ4v) is 2.20. The Morgan fingerprint density at radius 3 is 2.83 bits per heavy atom. The fraction of sp³-hybridized carbons (Fsp3) is 0.105. The van der Waals surface area contributed by atoms with Crippen molar-refractivity contribution >= 4 is 11.6 Å². The second-order valence-corrected chi connectivity index (χ2v) is 4.89. The molecule has 23 heavy (non-hydrogen) atoms. The van der Waals surface area contributed by atoms with Gasteiger partial charge in [-0.1, -0.05) is 30.3 Å². The van der Waals surface area contributed by atoms with Crippen LogP contribution in [0.1, 0.15) is 5.56 Å². The summed E-state index contributed by atoms with van der Waals surface area (Å²) in [7, 11) is 1.62. The van der Waals surface area contributed by atoms with Gasteiger partial charge in [0, 0.05) is 6.07 Å². The highest BCUT2D eigenvalue weighted by molar-refractivity contribution is 5.70. The van der Waals surface area contributed by atoms with Gasteiger partial charge in [0.2, 0.25) is 0 Å². The van der Waals surface area contributed by atoms with Crippen LogP contribution in [0.15, 0.2) is 76.6 Å². The van der Waals surface area contributed by atoms with E-state index in [1.54, 1.807) is 13.3 Å². The SMILES string of the molecule is COc1cc(N=C=CCc2ccccc2)ccc1-c1cnco1. The third-order valence-corrected chi connectivity index (χ3v) is 3.35. The average Bonchev–Trinajstić information content (AvgIpc) is 3.14. The van der Waals surface area contributed by atoms with Gasteiger partial charge in [0.25, 0.3) is 0 Å². The molecule has 1 aromatic heterocycles. The van der Waals surface area contributed by atoms with Gasteiger partial charge >= 0.3 is 0 Å². The number of allylic oxidation sites excluding steroid dienone is 1. The molecule has 2 aromatic carbocycles. The molecule has 0 radical (unpaired) electrons. The number of oxazole rings is 1. The molecular weight excluding hydrogens is 288 g/mol. The molecule has 0 saturated heterocycles. The first-order valence-corrected chi connectivity index (χ1v) is 7.25. The zero-order valence-corrected chi connectivity index (χ0v) is 12.8. The van der Waals surface area contributed by atoms with Gasteiger partial charge in [0.15, 0.2) is 12.2 Å². The van der Waals surface area contributed by atoms with Gasteiger partial charge in [-0.25, -0.2) is 9.98 Å². The summed E-state index contributed by atoms with van der Waals surface area (Å²) in [5.74, 6) is 4.32. The van der Waals surface area contributed by atoms with Crippen LogP contribution in [0.3, 0.4) is 0 Å². The predicted octanol–water partition coefficient (Wildman–Crippen LogP) is 4.45. The van der Waals surface area contributed by atoms with Crippen molar-refractivity contribution in [1.82, 2.24) is 4.98 Å². The first-order chi connectivity index (χ1) is 11.4. The van der Waals surface area contributed by atoms with E-state index in [9.17, 15) is 0 Å². The van der Waals surface area contributed by atoms with Crippen molar-refractivity contribution in [2.75, 3.05) is 7.11 Å². The van der Waals surface area contributed by atoms with Gasteiger partial charge in [-0.05, 0) is 36.1 Å². The summed E-state index contributed by atoms with van der Waals surface area (Å²) in [5, 5.41) is 0. The highest BCUT2D eigenvalue weighted by Gasteiger charge is 2.09. The first-order valence-electron chi connectivity index (χ1n) is 7.25. The number of ether oxygens (including phenoxy) is 1. The lowest BCUT2D eigenvalue weighted by Crippen LogP contribution is -1.86. The Morgan fingerprint density at radius 1 is 1.22 bits per heavy atom. The van der Waals surface area contributed by atoms with Crippen LogP contribution in [-0.2, 0) is 6.42 Å². The Morgan fingerprint density at radius 2 is 2.09 bits per heavy atom. The Balaban J connectivity index is 1.77. The van der Waals surface area contributed by atoms with Crippen LogP contribution in [-0.4, -0.2) is 18.0 Å². The van der Waals surface area contributed by atoms with E-state index in [-0.39, 0.29) is 0 Å². The average molecular weight is 304 g/mol. The first kappa shape index (κ1) is 14.8. The van der Waals surface area contributed by atoms with E-state index in [0.717, 1.165) is 17.7 Å². The molecule has 0 bridgehead atoms. The number of aromatic nitrogens is 1. The summed E-state index contributed by atoms with van der Waals surface area (Å²) in [6.07, 6.45) is 5.76. The highest BCUT2D eigenvalue weighted by atomic mass is 16.5. The van der Waals surface area contributed by atoms with E-state index in [0.29, 0.717) is 11.5 Å². The van der Waals surface area contributed by atoms with Gasteiger partial charge in [0.1, 0.15) is 5.75 Å². The van der Waals surface area contributed by atoms with Gasteiger partial charge in [-0.2, -0.15) is 0 Å². The van der Waals surface area contributed by atoms with Gasteiger partial charge < -0.3 is 9.15 Å². The molecule has 0 aliphatic heterocycles. The Labute approximate surface area is 134 Å². The molecule has 114 valence electrons. The number of hydrogen-bond acceptors (Lipinski definition) is 4. The number of rotatable bonds is 5. The third kappa shape index (κ3) is 3.76. The smallest absolute Gasteiger partial charge is 0.181 e. The standard InChI is InChI=1S/C19H16N2O2/c1-22-18-12-16(9-10-17(18)19-13-20-14-23-19)21-11-5-8-15-6-3-2-4-7-15/h2-7,9-10,12-14H,8H2,1H3. The fourth-order valence-electron chi connectivity index (χ4n) is 2.20. The zero-order valence-electron chi connectivity index (χ0n) is 12.8. The van der Waals surface area contributed by atoms with E-state index in [4.69, 9.17) is 9.15 Å². The molecule has 0 aliphatic carbocycles. The lowest BCUT2D eigenvalue weighted by molar-refractivity contribution is 0.415. The molecule has 3 rings (SSSR count). The topological polar surface area (TPSA) is 47.6 Å². The molecule has 0 unspecified atom stereocenters. The van der Waals surface area contributed by atoms with Gasteiger partial charge in [-0.15, -0.1) is 0 Å². The minimum absolute atomic E-state index is 0.664. The minimum Gasteiger partial charge on any atom is -0.496 e. The molecule has 1 heterocycles. The van der Waals surface area contributed by atoms with Crippen LogP contribution in [0, 0.1) is 0 Å². The second-order valence-electron chi connectivity index (χ2n) is 4.89. The predicted molar refractivity (Wildman–Crippen MR) is 90.3 cm³/mol. The molecule has 0 fully saturated rings.